The van der Waals surface area contributed by atoms with Crippen LogP contribution in [0.1, 0.15) is 22.4 Å². The molecule has 2 aliphatic heterocycles. The van der Waals surface area contributed by atoms with Crippen LogP contribution in [0.3, 0.4) is 0 Å². The van der Waals surface area contributed by atoms with Crippen LogP contribution >= 0.6 is 22.9 Å². The summed E-state index contributed by atoms with van der Waals surface area (Å²) >= 11 is 8.10. The van der Waals surface area contributed by atoms with E-state index < -0.39 is 0 Å². The van der Waals surface area contributed by atoms with E-state index >= 15 is 0 Å². The second-order valence-corrected chi connectivity index (χ2v) is 10.7. The van der Waals surface area contributed by atoms with Gasteiger partial charge in [-0.1, -0.05) is 11.6 Å². The third-order valence-corrected chi connectivity index (χ3v) is 8.27. The molecule has 3 unspecified atom stereocenters. The number of thiophene rings is 1. The number of aromatic nitrogens is 1. The van der Waals surface area contributed by atoms with Crippen LogP contribution < -0.4 is 5.32 Å². The molecule has 3 atom stereocenters. The van der Waals surface area contributed by atoms with Crippen molar-refractivity contribution in [2.45, 2.75) is 32.4 Å². The number of nitrogens with one attached hydrogen (secondary N) is 1. The molecule has 0 radical (unpaired) electrons. The minimum absolute atomic E-state index is 0.0226. The number of benzene rings is 1. The summed E-state index contributed by atoms with van der Waals surface area (Å²) < 4.78 is 6.72. The maximum Gasteiger partial charge on any atom is 0.233 e. The Bertz CT molecular complexity index is 1260. The first-order chi connectivity index (χ1) is 16.0. The molecule has 1 saturated carbocycles. The summed E-state index contributed by atoms with van der Waals surface area (Å²) in [5.41, 5.74) is 5.45. The molecule has 3 aliphatic rings. The molecule has 1 aliphatic carbocycles. The second-order valence-electron chi connectivity index (χ2n) is 9.18. The smallest absolute Gasteiger partial charge is 0.233 e. The third-order valence-electron chi connectivity index (χ3n) is 6.91. The maximum atomic E-state index is 12.4. The van der Waals surface area contributed by atoms with E-state index in [4.69, 9.17) is 16.3 Å². The third kappa shape index (κ3) is 3.77. The van der Waals surface area contributed by atoms with Gasteiger partial charge >= 0.3 is 0 Å². The number of carbonyl (C=O) groups excluding carboxylic acids is 2. The molecule has 4 heterocycles. The molecule has 0 bridgehead atoms. The SMILES string of the molecule is Cc1cc(Cl)cc(-c2ccnc3cc(CN4C(=O)C5CC5C4=O)sc23)c1CC1COCCN1. The quantitative estimate of drug-likeness (QED) is 0.558. The van der Waals surface area contributed by atoms with Crippen molar-refractivity contribution in [3.8, 4) is 11.1 Å². The van der Waals surface area contributed by atoms with Gasteiger partial charge in [0.05, 0.1) is 41.8 Å². The Balaban J connectivity index is 1.38. The second kappa shape index (κ2) is 8.17. The molecule has 2 saturated heterocycles. The summed E-state index contributed by atoms with van der Waals surface area (Å²) in [4.78, 5) is 31.8. The van der Waals surface area contributed by atoms with E-state index in [9.17, 15) is 9.59 Å². The Morgan fingerprint density at radius 1 is 1.21 bits per heavy atom. The van der Waals surface area contributed by atoms with Gasteiger partial charge in [-0.3, -0.25) is 19.5 Å². The number of amides is 2. The maximum absolute atomic E-state index is 12.4. The number of aryl methyl sites for hydroxylation is 1. The fourth-order valence-electron chi connectivity index (χ4n) is 5.12. The highest BCUT2D eigenvalue weighted by molar-refractivity contribution is 7.19. The van der Waals surface area contributed by atoms with Gasteiger partial charge < -0.3 is 10.1 Å². The van der Waals surface area contributed by atoms with Gasteiger partial charge in [0.15, 0.2) is 0 Å². The number of halogens is 1. The molecular weight excluding hydrogens is 458 g/mol. The number of morpholine rings is 1. The largest absolute Gasteiger partial charge is 0.379 e. The number of hydrogen-bond acceptors (Lipinski definition) is 6. The molecule has 33 heavy (non-hydrogen) atoms. The molecule has 2 amide bonds. The van der Waals surface area contributed by atoms with Crippen LogP contribution in [0.5, 0.6) is 0 Å². The molecule has 1 aromatic carbocycles. The van der Waals surface area contributed by atoms with Crippen LogP contribution in [-0.4, -0.2) is 47.5 Å². The number of hydrogen-bond donors (Lipinski definition) is 1. The van der Waals surface area contributed by atoms with Crippen LogP contribution in [0.4, 0.5) is 0 Å². The van der Waals surface area contributed by atoms with Crippen molar-refractivity contribution in [3.63, 3.8) is 0 Å². The van der Waals surface area contributed by atoms with Crippen LogP contribution in [0.15, 0.2) is 30.5 Å². The van der Waals surface area contributed by atoms with Crippen LogP contribution in [0.25, 0.3) is 21.3 Å². The highest BCUT2D eigenvalue weighted by Gasteiger charge is 2.58. The number of pyridine rings is 1. The van der Waals surface area contributed by atoms with Crippen molar-refractivity contribution < 1.29 is 14.3 Å². The summed E-state index contributed by atoms with van der Waals surface area (Å²) in [6.45, 7) is 4.72. The highest BCUT2D eigenvalue weighted by Crippen LogP contribution is 2.48. The molecule has 0 spiro atoms. The number of ether oxygens (including phenoxy) is 1. The first-order valence-corrected chi connectivity index (χ1v) is 12.5. The van der Waals surface area contributed by atoms with E-state index in [0.717, 1.165) is 57.8 Å². The minimum Gasteiger partial charge on any atom is -0.379 e. The van der Waals surface area contributed by atoms with Crippen molar-refractivity contribution in [1.82, 2.24) is 15.2 Å². The molecule has 3 aromatic rings. The molecular formula is C25H24ClN3O3S. The fourth-order valence-corrected chi connectivity index (χ4v) is 6.52. The Morgan fingerprint density at radius 2 is 2.03 bits per heavy atom. The lowest BCUT2D eigenvalue weighted by atomic mass is 9.91. The Labute approximate surface area is 200 Å². The molecule has 6 rings (SSSR count). The zero-order valence-electron chi connectivity index (χ0n) is 18.3. The van der Waals surface area contributed by atoms with Gasteiger partial charge in [-0.25, -0.2) is 0 Å². The zero-order chi connectivity index (χ0) is 22.7. The first-order valence-electron chi connectivity index (χ1n) is 11.3. The van der Waals surface area contributed by atoms with Crippen molar-refractivity contribution in [2.75, 3.05) is 19.8 Å². The number of rotatable bonds is 5. The number of nitrogens with zero attached hydrogens (tertiary/aromatic N) is 2. The van der Waals surface area contributed by atoms with Crippen molar-refractivity contribution in [2.24, 2.45) is 11.8 Å². The van der Waals surface area contributed by atoms with Gasteiger partial charge in [-0.05, 0) is 60.7 Å². The van der Waals surface area contributed by atoms with Crippen LogP contribution in [-0.2, 0) is 27.3 Å². The highest BCUT2D eigenvalue weighted by atomic mass is 35.5. The van der Waals surface area contributed by atoms with Crippen LogP contribution in [0.2, 0.25) is 5.02 Å². The van der Waals surface area contributed by atoms with E-state index in [1.165, 1.54) is 10.5 Å². The van der Waals surface area contributed by atoms with E-state index in [0.29, 0.717) is 18.2 Å². The van der Waals surface area contributed by atoms with Gasteiger partial charge in [0.1, 0.15) is 0 Å². The first kappa shape index (κ1) is 21.2. The van der Waals surface area contributed by atoms with E-state index in [1.54, 1.807) is 11.3 Å². The minimum atomic E-state index is -0.0741. The molecule has 170 valence electrons. The number of imide groups is 1. The lowest BCUT2D eigenvalue weighted by Crippen LogP contribution is -2.42. The molecule has 3 fully saturated rings. The molecule has 6 nitrogen and oxygen atoms in total. The predicted molar refractivity (Wildman–Crippen MR) is 128 cm³/mol. The summed E-state index contributed by atoms with van der Waals surface area (Å²) in [6, 6.07) is 8.33. The van der Waals surface area contributed by atoms with Crippen molar-refractivity contribution in [1.29, 1.82) is 0 Å². The Hall–Kier alpha value is -2.32. The standard InChI is InChI=1S/C25H24ClN3O3S/c1-13-6-14(26)7-19(18(13)8-15-12-32-5-4-27-15)17-2-3-28-22-9-16(33-23(17)22)11-29-24(30)20-10-21(20)25(29)31/h2-3,6-7,9,15,20-21,27H,4-5,8,10-12H2,1H3. The Morgan fingerprint density at radius 3 is 2.79 bits per heavy atom. The number of fused-ring (bicyclic) bond motifs is 2. The summed E-state index contributed by atoms with van der Waals surface area (Å²) in [7, 11) is 0. The summed E-state index contributed by atoms with van der Waals surface area (Å²) in [5.74, 6) is -0.193. The van der Waals surface area contributed by atoms with Gasteiger partial charge in [0.25, 0.3) is 0 Å². The van der Waals surface area contributed by atoms with Gasteiger partial charge in [0, 0.05) is 34.2 Å². The fraction of sp³-hybridized carbons (Fsp3) is 0.400. The summed E-state index contributed by atoms with van der Waals surface area (Å²) in [6.07, 6.45) is 3.39. The van der Waals surface area contributed by atoms with Gasteiger partial charge in [0.2, 0.25) is 11.8 Å². The number of likely N-dealkylation sites (tertiary alicyclic amines) is 1. The number of carbonyl (C=O) groups is 2. The topological polar surface area (TPSA) is 71.5 Å². The van der Waals surface area contributed by atoms with E-state index in [2.05, 4.69) is 17.2 Å². The lowest BCUT2D eigenvalue weighted by molar-refractivity contribution is -0.141. The Kier molecular flexibility index (Phi) is 5.25. The monoisotopic (exact) mass is 481 g/mol. The van der Waals surface area contributed by atoms with Crippen molar-refractivity contribution in [3.05, 3.63) is 51.5 Å². The van der Waals surface area contributed by atoms with E-state index in [1.807, 2.05) is 30.5 Å². The summed E-state index contributed by atoms with van der Waals surface area (Å²) in [5, 5.41) is 4.25. The molecule has 2 aromatic heterocycles. The lowest BCUT2D eigenvalue weighted by Gasteiger charge is -2.26. The number of piperidine rings is 1. The average molecular weight is 482 g/mol. The van der Waals surface area contributed by atoms with E-state index in [-0.39, 0.29) is 29.7 Å². The van der Waals surface area contributed by atoms with Gasteiger partial charge in [-0.2, -0.15) is 0 Å². The zero-order valence-corrected chi connectivity index (χ0v) is 19.8. The average Bonchev–Trinajstić information content (AvgIpc) is 3.44. The van der Waals surface area contributed by atoms with Crippen molar-refractivity contribution >= 4 is 45.0 Å². The predicted octanol–water partition coefficient (Wildman–Crippen LogP) is 3.96. The van der Waals surface area contributed by atoms with Gasteiger partial charge in [-0.15, -0.1) is 11.3 Å². The normalized spacial score (nSPS) is 24.5. The molecule has 8 heteroatoms. The molecule has 1 N–H and O–H groups in total. The van der Waals surface area contributed by atoms with Crippen LogP contribution in [0, 0.1) is 18.8 Å².